The summed E-state index contributed by atoms with van der Waals surface area (Å²) in [5, 5.41) is 3.45. The van der Waals surface area contributed by atoms with Gasteiger partial charge in [0.15, 0.2) is 0 Å². The van der Waals surface area contributed by atoms with Gasteiger partial charge < -0.3 is 5.32 Å². The number of hydrogen-bond acceptors (Lipinski definition) is 2. The molecule has 1 N–H and O–H groups in total. The molecular weight excluding hydrogens is 202 g/mol. The van der Waals surface area contributed by atoms with E-state index in [1.807, 2.05) is 18.2 Å². The standard InChI is InChI=1S/C13H15NS/c1-2-11-4-3-5-13(8-11)14-9-12-6-7-15-10-12/h1,3-5,8,12,14H,6-7,9-10H2. The Labute approximate surface area is 95.7 Å². The van der Waals surface area contributed by atoms with Crippen molar-refractivity contribution >= 4 is 17.4 Å². The fourth-order valence-corrected chi connectivity index (χ4v) is 3.01. The van der Waals surface area contributed by atoms with Crippen LogP contribution < -0.4 is 5.32 Å². The molecule has 2 heteroatoms. The van der Waals surface area contributed by atoms with Gasteiger partial charge in [-0.25, -0.2) is 0 Å². The zero-order valence-electron chi connectivity index (χ0n) is 8.70. The number of nitrogens with one attached hydrogen (secondary N) is 1. The first-order valence-electron chi connectivity index (χ1n) is 5.27. The van der Waals surface area contributed by atoms with Crippen LogP contribution in [-0.4, -0.2) is 18.1 Å². The number of anilines is 1. The van der Waals surface area contributed by atoms with Crippen LogP contribution in [0.4, 0.5) is 5.69 Å². The summed E-state index contributed by atoms with van der Waals surface area (Å²) in [6.07, 6.45) is 6.70. The van der Waals surface area contributed by atoms with Crippen LogP contribution in [0.3, 0.4) is 0 Å². The Kier molecular flexibility index (Phi) is 3.58. The molecule has 1 unspecified atom stereocenters. The zero-order valence-corrected chi connectivity index (χ0v) is 9.52. The largest absolute Gasteiger partial charge is 0.385 e. The van der Waals surface area contributed by atoms with E-state index in [0.29, 0.717) is 0 Å². The highest BCUT2D eigenvalue weighted by Crippen LogP contribution is 2.23. The van der Waals surface area contributed by atoms with Gasteiger partial charge in [0.25, 0.3) is 0 Å². The molecule has 0 bridgehead atoms. The van der Waals surface area contributed by atoms with Crippen molar-refractivity contribution in [3.8, 4) is 12.3 Å². The van der Waals surface area contributed by atoms with Crippen molar-refractivity contribution in [1.29, 1.82) is 0 Å². The third-order valence-electron chi connectivity index (χ3n) is 2.65. The highest BCUT2D eigenvalue weighted by atomic mass is 32.2. The van der Waals surface area contributed by atoms with E-state index in [2.05, 4.69) is 29.1 Å². The van der Waals surface area contributed by atoms with E-state index >= 15 is 0 Å². The molecule has 1 fully saturated rings. The Morgan fingerprint density at radius 2 is 2.47 bits per heavy atom. The Morgan fingerprint density at radius 1 is 1.53 bits per heavy atom. The van der Waals surface area contributed by atoms with Gasteiger partial charge in [-0.3, -0.25) is 0 Å². The quantitative estimate of drug-likeness (QED) is 0.781. The fraction of sp³-hybridized carbons (Fsp3) is 0.385. The SMILES string of the molecule is C#Cc1cccc(NCC2CCSC2)c1. The number of thioether (sulfide) groups is 1. The van der Waals surface area contributed by atoms with Crippen LogP contribution in [-0.2, 0) is 0 Å². The maximum absolute atomic E-state index is 5.36. The van der Waals surface area contributed by atoms with Gasteiger partial charge in [-0.05, 0) is 42.0 Å². The molecule has 1 aromatic carbocycles. The lowest BCUT2D eigenvalue weighted by atomic mass is 10.1. The third-order valence-corrected chi connectivity index (χ3v) is 3.88. The van der Waals surface area contributed by atoms with Gasteiger partial charge in [0.05, 0.1) is 0 Å². The predicted octanol–water partition coefficient (Wildman–Crippen LogP) is 2.83. The smallest absolute Gasteiger partial charge is 0.0352 e. The van der Waals surface area contributed by atoms with Crippen molar-refractivity contribution in [2.24, 2.45) is 5.92 Å². The maximum Gasteiger partial charge on any atom is 0.0352 e. The highest BCUT2D eigenvalue weighted by molar-refractivity contribution is 7.99. The summed E-state index contributed by atoms with van der Waals surface area (Å²) in [4.78, 5) is 0. The van der Waals surface area contributed by atoms with Gasteiger partial charge in [-0.1, -0.05) is 12.0 Å². The normalized spacial score (nSPS) is 19.8. The van der Waals surface area contributed by atoms with Crippen molar-refractivity contribution in [3.63, 3.8) is 0 Å². The Bertz CT molecular complexity index is 361. The van der Waals surface area contributed by atoms with E-state index in [-0.39, 0.29) is 0 Å². The molecule has 1 aliphatic rings. The first kappa shape index (κ1) is 10.4. The van der Waals surface area contributed by atoms with Crippen molar-refractivity contribution in [2.75, 3.05) is 23.4 Å². The molecule has 0 aliphatic carbocycles. The molecule has 1 atom stereocenters. The van der Waals surface area contributed by atoms with Crippen LogP contribution in [0.1, 0.15) is 12.0 Å². The number of terminal acetylenes is 1. The molecular formula is C13H15NS. The van der Waals surface area contributed by atoms with E-state index in [1.165, 1.54) is 17.9 Å². The molecule has 1 saturated heterocycles. The third kappa shape index (κ3) is 2.94. The average Bonchev–Trinajstić information content (AvgIpc) is 2.79. The molecule has 78 valence electrons. The van der Waals surface area contributed by atoms with Crippen LogP contribution >= 0.6 is 11.8 Å². The first-order valence-corrected chi connectivity index (χ1v) is 6.42. The van der Waals surface area contributed by atoms with Crippen molar-refractivity contribution in [2.45, 2.75) is 6.42 Å². The van der Waals surface area contributed by atoms with Crippen LogP contribution in [0.2, 0.25) is 0 Å². The summed E-state index contributed by atoms with van der Waals surface area (Å²) in [7, 11) is 0. The van der Waals surface area contributed by atoms with Crippen LogP contribution in [0.25, 0.3) is 0 Å². The molecule has 1 nitrogen and oxygen atoms in total. The minimum absolute atomic E-state index is 0.824. The van der Waals surface area contributed by atoms with Crippen molar-refractivity contribution in [3.05, 3.63) is 29.8 Å². The second-order valence-corrected chi connectivity index (χ2v) is 4.99. The Balaban J connectivity index is 1.90. The maximum atomic E-state index is 5.36. The van der Waals surface area contributed by atoms with E-state index in [1.54, 1.807) is 0 Å². The summed E-state index contributed by atoms with van der Waals surface area (Å²) in [5.41, 5.74) is 2.09. The molecule has 15 heavy (non-hydrogen) atoms. The van der Waals surface area contributed by atoms with Gasteiger partial charge in [0.2, 0.25) is 0 Å². The summed E-state index contributed by atoms with van der Waals surface area (Å²) in [6.45, 7) is 1.07. The summed E-state index contributed by atoms with van der Waals surface area (Å²) in [5.74, 6) is 6.08. The van der Waals surface area contributed by atoms with Crippen LogP contribution in [0.15, 0.2) is 24.3 Å². The summed E-state index contributed by atoms with van der Waals surface area (Å²) >= 11 is 2.05. The van der Waals surface area contributed by atoms with Gasteiger partial charge >= 0.3 is 0 Å². The van der Waals surface area contributed by atoms with Gasteiger partial charge in [0, 0.05) is 17.8 Å². The molecule has 0 radical (unpaired) electrons. The van der Waals surface area contributed by atoms with Crippen molar-refractivity contribution < 1.29 is 0 Å². The minimum atomic E-state index is 0.824. The molecule has 0 saturated carbocycles. The molecule has 1 aromatic rings. The molecule has 0 spiro atoms. The second kappa shape index (κ2) is 5.14. The van der Waals surface area contributed by atoms with Gasteiger partial charge in [-0.15, -0.1) is 6.42 Å². The lowest BCUT2D eigenvalue weighted by molar-refractivity contribution is 0.632. The first-order chi connectivity index (χ1) is 7.38. The Morgan fingerprint density at radius 3 is 3.20 bits per heavy atom. The van der Waals surface area contributed by atoms with Crippen LogP contribution in [0.5, 0.6) is 0 Å². The van der Waals surface area contributed by atoms with Crippen LogP contribution in [0, 0.1) is 18.3 Å². The zero-order chi connectivity index (χ0) is 10.5. The lowest BCUT2D eigenvalue weighted by Gasteiger charge is -2.11. The number of benzene rings is 1. The second-order valence-electron chi connectivity index (χ2n) is 3.84. The number of rotatable bonds is 3. The molecule has 1 heterocycles. The topological polar surface area (TPSA) is 12.0 Å². The molecule has 0 aromatic heterocycles. The average molecular weight is 217 g/mol. The highest BCUT2D eigenvalue weighted by Gasteiger charge is 2.14. The summed E-state index contributed by atoms with van der Waals surface area (Å²) < 4.78 is 0. The predicted molar refractivity (Wildman–Crippen MR) is 68.3 cm³/mol. The van der Waals surface area contributed by atoms with E-state index in [9.17, 15) is 0 Å². The fourth-order valence-electron chi connectivity index (χ4n) is 1.73. The Hall–Kier alpha value is -1.07. The molecule has 1 aliphatic heterocycles. The van der Waals surface area contributed by atoms with Gasteiger partial charge in [0.1, 0.15) is 0 Å². The monoisotopic (exact) mass is 217 g/mol. The van der Waals surface area contributed by atoms with E-state index < -0.39 is 0 Å². The van der Waals surface area contributed by atoms with Crippen molar-refractivity contribution in [1.82, 2.24) is 0 Å². The van der Waals surface area contributed by atoms with E-state index in [4.69, 9.17) is 6.42 Å². The molecule has 2 rings (SSSR count). The number of hydrogen-bond donors (Lipinski definition) is 1. The lowest BCUT2D eigenvalue weighted by Crippen LogP contribution is -2.13. The minimum Gasteiger partial charge on any atom is -0.385 e. The van der Waals surface area contributed by atoms with Gasteiger partial charge in [-0.2, -0.15) is 11.8 Å². The van der Waals surface area contributed by atoms with E-state index in [0.717, 1.165) is 23.7 Å². The molecule has 0 amide bonds. The summed E-state index contributed by atoms with van der Waals surface area (Å²) in [6, 6.07) is 8.06.